The van der Waals surface area contributed by atoms with Gasteiger partial charge >= 0.3 is 7.05 Å². The van der Waals surface area contributed by atoms with Gasteiger partial charge in [-0.3, -0.25) is 0 Å². The summed E-state index contributed by atoms with van der Waals surface area (Å²) in [6, 6.07) is 15.9. The summed E-state index contributed by atoms with van der Waals surface area (Å²) in [4.78, 5) is 10.1. The average molecular weight is 227 g/mol. The topological polar surface area (TPSA) is 58.9 Å². The Morgan fingerprint density at radius 2 is 1.53 bits per heavy atom. The molecule has 0 saturated carbocycles. The van der Waals surface area contributed by atoms with Crippen LogP contribution in [0.1, 0.15) is 0 Å². The van der Waals surface area contributed by atoms with Crippen LogP contribution in [0.4, 0.5) is 0 Å². The van der Waals surface area contributed by atoms with Gasteiger partial charge < -0.3 is 9.76 Å². The Hall–Kier alpha value is -2.14. The lowest BCUT2D eigenvalue weighted by Gasteiger charge is -2.05. The van der Waals surface area contributed by atoms with Crippen LogP contribution in [0.15, 0.2) is 59.7 Å². The normalized spacial score (nSPS) is 9.71. The van der Waals surface area contributed by atoms with Crippen molar-refractivity contribution in [3.63, 3.8) is 0 Å². The van der Waals surface area contributed by atoms with Crippen molar-refractivity contribution in [3.8, 4) is 11.5 Å². The van der Waals surface area contributed by atoms with Crippen molar-refractivity contribution >= 4 is 12.5 Å². The molecule has 0 atom stereocenters. The zero-order valence-corrected chi connectivity index (χ0v) is 8.98. The summed E-state index contributed by atoms with van der Waals surface area (Å²) in [5.74, 6) is 1.37. The number of benzene rings is 2. The Morgan fingerprint density at radius 3 is 2.12 bits per heavy atom. The zero-order valence-electron chi connectivity index (χ0n) is 8.98. The van der Waals surface area contributed by atoms with E-state index in [1.807, 2.05) is 30.3 Å². The molecule has 1 N–H and O–H groups in total. The molecule has 2 rings (SSSR count). The van der Waals surface area contributed by atoms with E-state index in [0.29, 0.717) is 11.2 Å². The van der Waals surface area contributed by atoms with Crippen LogP contribution < -0.4 is 10.2 Å². The Morgan fingerprint density at radius 1 is 0.941 bits per heavy atom. The molecule has 0 unspecified atom stereocenters. The van der Waals surface area contributed by atoms with Crippen LogP contribution in [-0.4, -0.2) is 12.1 Å². The van der Waals surface area contributed by atoms with E-state index in [9.17, 15) is 9.93 Å². The molecule has 2 aromatic carbocycles. The minimum absolute atomic E-state index is 0.445. The maximum Gasteiger partial charge on any atom is 0.517 e. The highest BCUT2D eigenvalue weighted by Gasteiger charge is 2.15. The van der Waals surface area contributed by atoms with E-state index >= 15 is 0 Å². The van der Waals surface area contributed by atoms with Gasteiger partial charge in [0.2, 0.25) is 0 Å². The summed E-state index contributed by atoms with van der Waals surface area (Å²) in [6.07, 6.45) is 0. The molecule has 0 bridgehead atoms. The largest absolute Gasteiger partial charge is 0.517 e. The summed E-state index contributed by atoms with van der Waals surface area (Å²) >= 11 is 0. The van der Waals surface area contributed by atoms with Crippen molar-refractivity contribution in [2.45, 2.75) is 0 Å². The molecule has 0 aromatic heterocycles. The summed E-state index contributed by atoms with van der Waals surface area (Å²) in [5, 5.41) is 11.7. The van der Waals surface area contributed by atoms with Crippen LogP contribution in [0, 0.1) is 4.91 Å². The molecule has 0 aliphatic carbocycles. The van der Waals surface area contributed by atoms with Crippen molar-refractivity contribution in [1.29, 1.82) is 0 Å². The number of ether oxygens (including phenoxy) is 1. The summed E-state index contributed by atoms with van der Waals surface area (Å²) < 4.78 is 5.56. The first-order valence-electron chi connectivity index (χ1n) is 5.13. The minimum Gasteiger partial charge on any atom is -0.457 e. The summed E-state index contributed by atoms with van der Waals surface area (Å²) in [7, 11) is -1.32. The number of rotatable bonds is 4. The second-order valence-electron chi connectivity index (χ2n) is 3.46. The van der Waals surface area contributed by atoms with E-state index in [-0.39, 0.29) is 0 Å². The molecule has 0 aliphatic rings. The van der Waals surface area contributed by atoms with Crippen LogP contribution in [0.25, 0.3) is 0 Å². The Balaban J connectivity index is 2.11. The van der Waals surface area contributed by atoms with E-state index in [2.05, 4.69) is 5.09 Å². The van der Waals surface area contributed by atoms with E-state index in [4.69, 9.17) is 4.74 Å². The monoisotopic (exact) mass is 227 g/mol. The molecule has 4 nitrogen and oxygen atoms in total. The number of hydrogen-bond acceptors (Lipinski definition) is 4. The van der Waals surface area contributed by atoms with Gasteiger partial charge in [-0.15, -0.1) is 0 Å². The van der Waals surface area contributed by atoms with Crippen LogP contribution in [0.2, 0.25) is 0 Å². The Labute approximate surface area is 99.0 Å². The highest BCUT2D eigenvalue weighted by molar-refractivity contribution is 6.64. The quantitative estimate of drug-likeness (QED) is 0.641. The van der Waals surface area contributed by atoms with Gasteiger partial charge in [-0.2, -0.15) is 4.91 Å². The lowest BCUT2D eigenvalue weighted by atomic mass is 9.76. The minimum atomic E-state index is -1.32. The molecule has 0 radical (unpaired) electrons. The van der Waals surface area contributed by atoms with E-state index in [0.717, 1.165) is 5.75 Å². The molecule has 2 aromatic rings. The standard InChI is InChI=1S/C12H10BNO3/c15-13(14-16)10-6-8-12(9-7-10)17-11-4-2-1-3-5-11/h1-9,15H. The number of nitroso groups, excluding NO2 is 1. The van der Waals surface area contributed by atoms with Crippen LogP contribution in [0.5, 0.6) is 11.5 Å². The third-order valence-corrected chi connectivity index (χ3v) is 2.26. The van der Waals surface area contributed by atoms with E-state index in [1.165, 1.54) is 0 Å². The number of hydrogen-bond donors (Lipinski definition) is 1. The van der Waals surface area contributed by atoms with Gasteiger partial charge in [-0.25, -0.2) is 0 Å². The van der Waals surface area contributed by atoms with Crippen molar-refractivity contribution in [1.82, 2.24) is 0 Å². The lowest BCUT2D eigenvalue weighted by Crippen LogP contribution is -2.27. The fraction of sp³-hybridized carbons (Fsp3) is 0. The second kappa shape index (κ2) is 5.27. The second-order valence-corrected chi connectivity index (χ2v) is 3.46. The Bertz CT molecular complexity index is 487. The molecule has 0 aliphatic heterocycles. The molecule has 0 amide bonds. The molecular formula is C12H10BNO3. The summed E-state index contributed by atoms with van der Waals surface area (Å²) in [5.41, 5.74) is 0.445. The van der Waals surface area contributed by atoms with Gasteiger partial charge in [0.25, 0.3) is 0 Å². The predicted octanol–water partition coefficient (Wildman–Crippen LogP) is 1.93. The summed E-state index contributed by atoms with van der Waals surface area (Å²) in [6.45, 7) is 0. The van der Waals surface area contributed by atoms with Gasteiger partial charge in [0, 0.05) is 0 Å². The van der Waals surface area contributed by atoms with Crippen LogP contribution >= 0.6 is 0 Å². The van der Waals surface area contributed by atoms with Gasteiger partial charge in [-0.05, 0) is 29.7 Å². The van der Waals surface area contributed by atoms with Gasteiger partial charge in [0.15, 0.2) is 0 Å². The van der Waals surface area contributed by atoms with E-state index < -0.39 is 7.05 Å². The third-order valence-electron chi connectivity index (χ3n) is 2.26. The van der Waals surface area contributed by atoms with Crippen molar-refractivity contribution in [3.05, 3.63) is 59.5 Å². The molecule has 5 heteroatoms. The van der Waals surface area contributed by atoms with Crippen LogP contribution in [-0.2, 0) is 0 Å². The maximum atomic E-state index is 10.1. The highest BCUT2D eigenvalue weighted by atomic mass is 16.5. The average Bonchev–Trinajstić information content (AvgIpc) is 2.40. The maximum absolute atomic E-state index is 10.1. The van der Waals surface area contributed by atoms with Crippen LogP contribution in [0.3, 0.4) is 0 Å². The Kier molecular flexibility index (Phi) is 3.52. The molecule has 17 heavy (non-hydrogen) atoms. The number of nitrogens with zero attached hydrogens (tertiary/aromatic N) is 1. The third kappa shape index (κ3) is 2.92. The van der Waals surface area contributed by atoms with Gasteiger partial charge in [-0.1, -0.05) is 35.4 Å². The highest BCUT2D eigenvalue weighted by Crippen LogP contribution is 2.19. The first-order chi connectivity index (χ1) is 8.29. The molecular weight excluding hydrogens is 217 g/mol. The molecule has 0 spiro atoms. The van der Waals surface area contributed by atoms with Gasteiger partial charge in [0.05, 0.1) is 0 Å². The smallest absolute Gasteiger partial charge is 0.457 e. The zero-order chi connectivity index (χ0) is 12.1. The lowest BCUT2D eigenvalue weighted by molar-refractivity contribution is 0.483. The fourth-order valence-corrected chi connectivity index (χ4v) is 1.39. The first kappa shape index (κ1) is 11.4. The van der Waals surface area contributed by atoms with Crippen molar-refractivity contribution in [2.24, 2.45) is 5.09 Å². The SMILES string of the molecule is O=NB(O)c1ccc(Oc2ccccc2)cc1. The molecule has 0 heterocycles. The predicted molar refractivity (Wildman–Crippen MR) is 66.4 cm³/mol. The molecule has 0 saturated heterocycles. The van der Waals surface area contributed by atoms with Crippen molar-refractivity contribution < 1.29 is 9.76 Å². The molecule has 84 valence electrons. The first-order valence-corrected chi connectivity index (χ1v) is 5.13. The fourth-order valence-electron chi connectivity index (χ4n) is 1.39. The van der Waals surface area contributed by atoms with Gasteiger partial charge in [0.1, 0.15) is 11.5 Å². The number of para-hydroxylation sites is 1. The van der Waals surface area contributed by atoms with E-state index in [1.54, 1.807) is 24.3 Å². The molecule has 0 fully saturated rings. The van der Waals surface area contributed by atoms with Crippen molar-refractivity contribution in [2.75, 3.05) is 0 Å².